The van der Waals surface area contributed by atoms with E-state index >= 15 is 0 Å². The second kappa shape index (κ2) is 5.02. The molecule has 0 spiro atoms. The van der Waals surface area contributed by atoms with E-state index in [1.807, 2.05) is 6.92 Å². The summed E-state index contributed by atoms with van der Waals surface area (Å²) in [5.74, 6) is 0.127. The fourth-order valence-corrected chi connectivity index (χ4v) is 2.43. The average Bonchev–Trinajstić information content (AvgIpc) is 2.50. The summed E-state index contributed by atoms with van der Waals surface area (Å²) in [7, 11) is 0. The first-order chi connectivity index (χ1) is 10.1. The first kappa shape index (κ1) is 13.3. The van der Waals surface area contributed by atoms with Gasteiger partial charge in [-0.15, -0.1) is 0 Å². The maximum Gasteiger partial charge on any atom is 0.198 e. The van der Waals surface area contributed by atoms with E-state index in [9.17, 15) is 9.59 Å². The van der Waals surface area contributed by atoms with E-state index in [1.54, 1.807) is 42.5 Å². The number of benzene rings is 2. The molecule has 0 unspecified atom stereocenters. The molecule has 0 heterocycles. The van der Waals surface area contributed by atoms with Crippen LogP contribution in [-0.2, 0) is 0 Å². The van der Waals surface area contributed by atoms with Crippen molar-refractivity contribution in [3.05, 3.63) is 76.9 Å². The zero-order valence-corrected chi connectivity index (χ0v) is 11.7. The van der Waals surface area contributed by atoms with Crippen molar-refractivity contribution in [2.75, 3.05) is 6.61 Å². The van der Waals surface area contributed by atoms with Gasteiger partial charge in [0.05, 0.1) is 5.56 Å². The number of ketones is 2. The van der Waals surface area contributed by atoms with Gasteiger partial charge in [-0.25, -0.2) is 0 Å². The van der Waals surface area contributed by atoms with Crippen LogP contribution in [0.4, 0.5) is 0 Å². The lowest BCUT2D eigenvalue weighted by Crippen LogP contribution is -2.21. The van der Waals surface area contributed by atoms with Crippen LogP contribution in [-0.4, -0.2) is 18.2 Å². The van der Waals surface area contributed by atoms with Crippen molar-refractivity contribution < 1.29 is 14.3 Å². The molecule has 0 atom stereocenters. The number of fused-ring (bicyclic) bond motifs is 2. The minimum absolute atomic E-state index is 0.138. The predicted octanol–water partition coefficient (Wildman–Crippen LogP) is 3.42. The summed E-state index contributed by atoms with van der Waals surface area (Å²) >= 11 is 0. The molecule has 1 aliphatic carbocycles. The van der Waals surface area contributed by atoms with Crippen LogP contribution < -0.4 is 4.74 Å². The molecule has 3 rings (SSSR count). The van der Waals surface area contributed by atoms with Crippen LogP contribution >= 0.6 is 0 Å². The Morgan fingerprint density at radius 1 is 0.952 bits per heavy atom. The van der Waals surface area contributed by atoms with Gasteiger partial charge < -0.3 is 4.74 Å². The zero-order valence-electron chi connectivity index (χ0n) is 11.7. The molecule has 0 N–H and O–H groups in total. The highest BCUT2D eigenvalue weighted by molar-refractivity contribution is 6.29. The topological polar surface area (TPSA) is 43.4 Å². The molecule has 0 saturated heterocycles. The number of hydrogen-bond acceptors (Lipinski definition) is 3. The van der Waals surface area contributed by atoms with Gasteiger partial charge in [-0.1, -0.05) is 43.0 Å². The van der Waals surface area contributed by atoms with Gasteiger partial charge in [-0.2, -0.15) is 0 Å². The van der Waals surface area contributed by atoms with Crippen molar-refractivity contribution in [1.82, 2.24) is 0 Å². The first-order valence-electron chi connectivity index (χ1n) is 6.68. The van der Waals surface area contributed by atoms with Gasteiger partial charge in [0, 0.05) is 16.7 Å². The molecule has 0 radical (unpaired) electrons. The van der Waals surface area contributed by atoms with Gasteiger partial charge in [0.1, 0.15) is 12.4 Å². The molecule has 0 fully saturated rings. The van der Waals surface area contributed by atoms with Gasteiger partial charge >= 0.3 is 0 Å². The Hall–Kier alpha value is -2.68. The maximum absolute atomic E-state index is 12.7. The Balaban J connectivity index is 2.14. The van der Waals surface area contributed by atoms with Gasteiger partial charge in [0.15, 0.2) is 11.6 Å². The summed E-state index contributed by atoms with van der Waals surface area (Å²) in [5, 5.41) is 0. The van der Waals surface area contributed by atoms with Crippen LogP contribution in [0.1, 0.15) is 38.8 Å². The number of ether oxygens (including phenoxy) is 1. The van der Waals surface area contributed by atoms with E-state index in [0.29, 0.717) is 34.6 Å². The summed E-state index contributed by atoms with van der Waals surface area (Å²) in [6.45, 7) is 5.94. The number of rotatable bonds is 3. The van der Waals surface area contributed by atoms with Crippen molar-refractivity contribution >= 4 is 11.6 Å². The van der Waals surface area contributed by atoms with Gasteiger partial charge in [-0.05, 0) is 18.6 Å². The standard InChI is InChI=1S/C18H14O3/c1-11(2)10-21-15-9-5-8-14-16(15)18(20)13-7-4-3-6-12(13)17(14)19/h3-9H,1,10H2,2H3. The third kappa shape index (κ3) is 2.17. The molecule has 0 aromatic heterocycles. The van der Waals surface area contributed by atoms with E-state index < -0.39 is 0 Å². The molecule has 21 heavy (non-hydrogen) atoms. The Labute approximate surface area is 122 Å². The Kier molecular flexibility index (Phi) is 3.18. The molecule has 1 aliphatic rings. The molecule has 3 heteroatoms. The van der Waals surface area contributed by atoms with Crippen molar-refractivity contribution in [3.8, 4) is 5.75 Å². The lowest BCUT2D eigenvalue weighted by molar-refractivity contribution is 0.0976. The molecule has 3 nitrogen and oxygen atoms in total. The van der Waals surface area contributed by atoms with E-state index in [-0.39, 0.29) is 11.6 Å². The van der Waals surface area contributed by atoms with E-state index in [0.717, 1.165) is 5.57 Å². The first-order valence-corrected chi connectivity index (χ1v) is 6.68. The fourth-order valence-electron chi connectivity index (χ4n) is 2.43. The quantitative estimate of drug-likeness (QED) is 0.689. The summed E-state index contributed by atoms with van der Waals surface area (Å²) in [5.41, 5.74) is 2.48. The van der Waals surface area contributed by atoms with Crippen molar-refractivity contribution in [1.29, 1.82) is 0 Å². The molecular formula is C18H14O3. The second-order valence-corrected chi connectivity index (χ2v) is 5.13. The number of carbonyl (C=O) groups is 2. The van der Waals surface area contributed by atoms with E-state index in [4.69, 9.17) is 4.74 Å². The third-order valence-corrected chi connectivity index (χ3v) is 3.39. The van der Waals surface area contributed by atoms with Gasteiger partial charge in [0.2, 0.25) is 0 Å². The largest absolute Gasteiger partial charge is 0.488 e. The van der Waals surface area contributed by atoms with Crippen LogP contribution in [0, 0.1) is 0 Å². The third-order valence-electron chi connectivity index (χ3n) is 3.39. The maximum atomic E-state index is 12.7. The molecule has 0 aliphatic heterocycles. The highest BCUT2D eigenvalue weighted by Crippen LogP contribution is 2.33. The Morgan fingerprint density at radius 3 is 2.24 bits per heavy atom. The predicted molar refractivity (Wildman–Crippen MR) is 80.1 cm³/mol. The number of carbonyl (C=O) groups excluding carboxylic acids is 2. The van der Waals surface area contributed by atoms with Crippen LogP contribution in [0.3, 0.4) is 0 Å². The second-order valence-electron chi connectivity index (χ2n) is 5.13. The van der Waals surface area contributed by atoms with Crippen LogP contribution in [0.2, 0.25) is 0 Å². The van der Waals surface area contributed by atoms with Crippen molar-refractivity contribution in [3.63, 3.8) is 0 Å². The Morgan fingerprint density at radius 2 is 1.57 bits per heavy atom. The Bertz CT molecular complexity index is 772. The van der Waals surface area contributed by atoms with E-state index in [1.165, 1.54) is 0 Å². The molecular weight excluding hydrogens is 264 g/mol. The van der Waals surface area contributed by atoms with Gasteiger partial charge in [-0.3, -0.25) is 9.59 Å². The molecule has 0 saturated carbocycles. The summed E-state index contributed by atoms with van der Waals surface area (Å²) in [6, 6.07) is 12.0. The highest BCUT2D eigenvalue weighted by atomic mass is 16.5. The lowest BCUT2D eigenvalue weighted by atomic mass is 9.83. The smallest absolute Gasteiger partial charge is 0.198 e. The molecule has 2 aromatic rings. The molecule has 0 amide bonds. The van der Waals surface area contributed by atoms with Crippen molar-refractivity contribution in [2.45, 2.75) is 6.92 Å². The molecule has 2 aromatic carbocycles. The fraction of sp³-hybridized carbons (Fsp3) is 0.111. The SMILES string of the molecule is C=C(C)COc1cccc2c1C(=O)c1ccccc1C2=O. The van der Waals surface area contributed by atoms with Crippen LogP contribution in [0.5, 0.6) is 5.75 Å². The van der Waals surface area contributed by atoms with Crippen molar-refractivity contribution in [2.24, 2.45) is 0 Å². The monoisotopic (exact) mass is 278 g/mol. The summed E-state index contributed by atoms with van der Waals surface area (Å²) in [6.07, 6.45) is 0. The normalized spacial score (nSPS) is 12.6. The van der Waals surface area contributed by atoms with E-state index in [2.05, 4.69) is 6.58 Å². The zero-order chi connectivity index (χ0) is 15.0. The number of hydrogen-bond donors (Lipinski definition) is 0. The van der Waals surface area contributed by atoms with Crippen LogP contribution in [0.25, 0.3) is 0 Å². The molecule has 0 bridgehead atoms. The lowest BCUT2D eigenvalue weighted by Gasteiger charge is -2.20. The average molecular weight is 278 g/mol. The van der Waals surface area contributed by atoms with Crippen LogP contribution in [0.15, 0.2) is 54.6 Å². The molecule has 104 valence electrons. The minimum atomic E-state index is -0.169. The summed E-state index contributed by atoms with van der Waals surface area (Å²) in [4.78, 5) is 25.2. The van der Waals surface area contributed by atoms with Gasteiger partial charge in [0.25, 0.3) is 0 Å². The highest BCUT2D eigenvalue weighted by Gasteiger charge is 2.31. The minimum Gasteiger partial charge on any atom is -0.488 e. The summed E-state index contributed by atoms with van der Waals surface area (Å²) < 4.78 is 5.63.